The van der Waals surface area contributed by atoms with Gasteiger partial charge in [0.2, 0.25) is 5.91 Å². The fraction of sp³-hybridized carbons (Fsp3) is 0.444. The molecule has 0 unspecified atom stereocenters. The summed E-state index contributed by atoms with van der Waals surface area (Å²) in [4.78, 5) is 25.0. The summed E-state index contributed by atoms with van der Waals surface area (Å²) in [7, 11) is 0. The van der Waals surface area contributed by atoms with Crippen LogP contribution in [0.1, 0.15) is 56.5 Å². The van der Waals surface area contributed by atoms with Crippen molar-refractivity contribution in [2.45, 2.75) is 51.1 Å². The number of carbonyl (C=O) groups is 1. The van der Waals surface area contributed by atoms with Crippen molar-refractivity contribution in [2.75, 3.05) is 37.4 Å². The van der Waals surface area contributed by atoms with E-state index in [2.05, 4.69) is 56.1 Å². The average molecular weight is 479 g/mol. The molecule has 1 N–H and O–H groups in total. The minimum atomic E-state index is -0.0163. The lowest BCUT2D eigenvalue weighted by atomic mass is 9.92. The molecule has 7 heteroatoms. The lowest BCUT2D eigenvalue weighted by Crippen LogP contribution is -2.36. The van der Waals surface area contributed by atoms with Crippen LogP contribution in [0.15, 0.2) is 47.5 Å². The van der Waals surface area contributed by atoms with E-state index in [-0.39, 0.29) is 5.91 Å². The molecule has 0 aliphatic carbocycles. The van der Waals surface area contributed by atoms with Gasteiger partial charge in [-0.15, -0.1) is 0 Å². The normalized spacial score (nSPS) is 14.8. The number of amides is 1. The molecule has 0 atom stereocenters. The third-order valence-electron chi connectivity index (χ3n) is 6.06. The second-order valence-electron chi connectivity index (χ2n) is 9.31. The lowest BCUT2D eigenvalue weighted by Gasteiger charge is -2.25. The number of aromatic nitrogens is 2. The summed E-state index contributed by atoms with van der Waals surface area (Å²) in [6, 6.07) is 14.3. The minimum absolute atomic E-state index is 0.0163. The lowest BCUT2D eigenvalue weighted by molar-refractivity contribution is -0.113. The molecular formula is C27H34N4O2S. The van der Waals surface area contributed by atoms with Crippen LogP contribution < -0.4 is 5.32 Å². The highest BCUT2D eigenvalue weighted by Crippen LogP contribution is 2.33. The van der Waals surface area contributed by atoms with Gasteiger partial charge in [0.25, 0.3) is 0 Å². The molecule has 1 aliphatic heterocycles. The molecule has 4 rings (SSSR count). The summed E-state index contributed by atoms with van der Waals surface area (Å²) in [5, 5.41) is 5.05. The summed E-state index contributed by atoms with van der Waals surface area (Å²) in [5.41, 5.74) is 4.21. The first-order valence-electron chi connectivity index (χ1n) is 12.0. The topological polar surface area (TPSA) is 67.4 Å². The number of nitrogens with one attached hydrogen (secondary N) is 1. The maximum atomic E-state index is 13.1. The van der Waals surface area contributed by atoms with Gasteiger partial charge in [-0.05, 0) is 29.0 Å². The Hall–Kier alpha value is -2.48. The predicted molar refractivity (Wildman–Crippen MR) is 140 cm³/mol. The van der Waals surface area contributed by atoms with Gasteiger partial charge < -0.3 is 10.1 Å². The Kier molecular flexibility index (Phi) is 8.19. The Morgan fingerprint density at radius 3 is 2.35 bits per heavy atom. The standard InChI is InChI=1S/C27H34N4O2S/c1-18(2)20-9-7-10-21(19(3)4)26(20)30-25(32)17-34-27-22-8-5-6-11-23(22)28-24(29-27)16-31-12-14-33-15-13-31/h5-11,18-19H,12-17H2,1-4H3,(H,30,32). The van der Waals surface area contributed by atoms with E-state index in [1.165, 1.54) is 22.9 Å². The van der Waals surface area contributed by atoms with Gasteiger partial charge in [-0.1, -0.05) is 75.9 Å². The zero-order valence-electron chi connectivity index (χ0n) is 20.5. The highest BCUT2D eigenvalue weighted by Gasteiger charge is 2.18. The molecule has 2 aromatic carbocycles. The molecule has 0 saturated carbocycles. The number of ether oxygens (including phenoxy) is 1. The second-order valence-corrected chi connectivity index (χ2v) is 10.3. The van der Waals surface area contributed by atoms with Gasteiger partial charge in [-0.25, -0.2) is 9.97 Å². The average Bonchev–Trinajstić information content (AvgIpc) is 2.83. The Morgan fingerprint density at radius 1 is 1.00 bits per heavy atom. The van der Waals surface area contributed by atoms with Crippen molar-refractivity contribution in [3.8, 4) is 0 Å². The molecule has 1 aliphatic rings. The monoisotopic (exact) mass is 478 g/mol. The van der Waals surface area contributed by atoms with Crippen LogP contribution in [0.4, 0.5) is 5.69 Å². The van der Waals surface area contributed by atoms with E-state index in [1.807, 2.05) is 24.3 Å². The summed E-state index contributed by atoms with van der Waals surface area (Å²) in [6.07, 6.45) is 0. The number of carbonyl (C=O) groups excluding carboxylic acids is 1. The maximum Gasteiger partial charge on any atom is 0.234 e. The fourth-order valence-corrected chi connectivity index (χ4v) is 5.08. The van der Waals surface area contributed by atoms with Crippen molar-refractivity contribution in [3.63, 3.8) is 0 Å². The van der Waals surface area contributed by atoms with Gasteiger partial charge in [0, 0.05) is 24.2 Å². The Labute approximate surface area is 206 Å². The van der Waals surface area contributed by atoms with Gasteiger partial charge >= 0.3 is 0 Å². The quantitative estimate of drug-likeness (QED) is 0.343. The number of thioether (sulfide) groups is 1. The van der Waals surface area contributed by atoms with Crippen molar-refractivity contribution >= 4 is 34.3 Å². The first-order chi connectivity index (χ1) is 16.4. The molecule has 3 aromatic rings. The first kappa shape index (κ1) is 24.6. The molecular weight excluding hydrogens is 444 g/mol. The zero-order valence-corrected chi connectivity index (χ0v) is 21.3. The largest absolute Gasteiger partial charge is 0.379 e. The molecule has 1 aromatic heterocycles. The summed E-state index contributed by atoms with van der Waals surface area (Å²) in [6.45, 7) is 12.6. The third kappa shape index (κ3) is 5.95. The zero-order chi connectivity index (χ0) is 24.1. The number of rotatable bonds is 8. The summed E-state index contributed by atoms with van der Waals surface area (Å²) < 4.78 is 5.46. The number of benzene rings is 2. The van der Waals surface area contributed by atoms with Crippen molar-refractivity contribution in [1.29, 1.82) is 0 Å². The number of para-hydroxylation sites is 2. The van der Waals surface area contributed by atoms with E-state index in [0.717, 1.165) is 53.7 Å². The molecule has 0 radical (unpaired) electrons. The molecule has 180 valence electrons. The van der Waals surface area contributed by atoms with Gasteiger partial charge in [0.05, 0.1) is 31.0 Å². The number of morpholine rings is 1. The van der Waals surface area contributed by atoms with Crippen LogP contribution in [-0.2, 0) is 16.1 Å². The van der Waals surface area contributed by atoms with E-state index in [4.69, 9.17) is 14.7 Å². The van der Waals surface area contributed by atoms with E-state index < -0.39 is 0 Å². The van der Waals surface area contributed by atoms with Crippen LogP contribution in [0.3, 0.4) is 0 Å². The third-order valence-corrected chi connectivity index (χ3v) is 7.05. The Balaban J connectivity index is 1.53. The van der Waals surface area contributed by atoms with Crippen molar-refractivity contribution in [2.24, 2.45) is 0 Å². The minimum Gasteiger partial charge on any atom is -0.379 e. The van der Waals surface area contributed by atoms with E-state index in [0.29, 0.717) is 24.1 Å². The smallest absolute Gasteiger partial charge is 0.234 e. The number of hydrogen-bond acceptors (Lipinski definition) is 6. The van der Waals surface area contributed by atoms with Gasteiger partial charge in [-0.3, -0.25) is 9.69 Å². The van der Waals surface area contributed by atoms with E-state index in [9.17, 15) is 4.79 Å². The molecule has 0 spiro atoms. The van der Waals surface area contributed by atoms with Crippen LogP contribution in [-0.4, -0.2) is 52.8 Å². The van der Waals surface area contributed by atoms with Gasteiger partial charge in [-0.2, -0.15) is 0 Å². The Bertz CT molecular complexity index is 1120. The van der Waals surface area contributed by atoms with Crippen LogP contribution in [0.25, 0.3) is 10.9 Å². The molecule has 34 heavy (non-hydrogen) atoms. The van der Waals surface area contributed by atoms with Crippen molar-refractivity contribution in [3.05, 3.63) is 59.4 Å². The fourth-order valence-electron chi connectivity index (χ4n) is 4.24. The second kappa shape index (κ2) is 11.3. The van der Waals surface area contributed by atoms with Crippen LogP contribution in [0.2, 0.25) is 0 Å². The molecule has 6 nitrogen and oxygen atoms in total. The number of fused-ring (bicyclic) bond motifs is 1. The van der Waals surface area contributed by atoms with E-state index in [1.54, 1.807) is 0 Å². The first-order valence-corrected chi connectivity index (χ1v) is 13.0. The highest BCUT2D eigenvalue weighted by atomic mass is 32.2. The van der Waals surface area contributed by atoms with Crippen LogP contribution in [0.5, 0.6) is 0 Å². The maximum absolute atomic E-state index is 13.1. The molecule has 0 bridgehead atoms. The Morgan fingerprint density at radius 2 is 1.68 bits per heavy atom. The number of anilines is 1. The summed E-state index contributed by atoms with van der Waals surface area (Å²) in [5.74, 6) is 1.72. The molecule has 1 saturated heterocycles. The molecule has 1 fully saturated rings. The highest BCUT2D eigenvalue weighted by molar-refractivity contribution is 8.00. The van der Waals surface area contributed by atoms with Crippen LogP contribution >= 0.6 is 11.8 Å². The molecule has 1 amide bonds. The molecule has 2 heterocycles. The SMILES string of the molecule is CC(C)c1cccc(C(C)C)c1NC(=O)CSc1nc(CN2CCOCC2)nc2ccccc12. The van der Waals surface area contributed by atoms with Crippen molar-refractivity contribution in [1.82, 2.24) is 14.9 Å². The summed E-state index contributed by atoms with van der Waals surface area (Å²) >= 11 is 1.48. The predicted octanol–water partition coefficient (Wildman–Crippen LogP) is 5.44. The van der Waals surface area contributed by atoms with Crippen molar-refractivity contribution < 1.29 is 9.53 Å². The number of nitrogens with zero attached hydrogens (tertiary/aromatic N) is 3. The number of hydrogen-bond donors (Lipinski definition) is 1. The van der Waals surface area contributed by atoms with Gasteiger partial charge in [0.15, 0.2) is 0 Å². The van der Waals surface area contributed by atoms with E-state index >= 15 is 0 Å². The van der Waals surface area contributed by atoms with Gasteiger partial charge in [0.1, 0.15) is 10.9 Å². The van der Waals surface area contributed by atoms with Crippen LogP contribution in [0, 0.1) is 0 Å².